The molecule has 0 bridgehead atoms. The van der Waals surface area contributed by atoms with E-state index < -0.39 is 0 Å². The van der Waals surface area contributed by atoms with Gasteiger partial charge in [-0.1, -0.05) is 19.8 Å². The third-order valence-corrected chi connectivity index (χ3v) is 3.52. The average molecular weight is 227 g/mol. The monoisotopic (exact) mass is 227 g/mol. The maximum Gasteiger partial charge on any atom is 0.305 e. The van der Waals surface area contributed by atoms with E-state index >= 15 is 0 Å². The predicted octanol–water partition coefficient (Wildman–Crippen LogP) is 2.50. The number of piperidine rings is 1. The minimum Gasteiger partial charge on any atom is -0.469 e. The van der Waals surface area contributed by atoms with Gasteiger partial charge in [0.1, 0.15) is 0 Å². The number of hydrogen-bond donors (Lipinski definition) is 1. The maximum atomic E-state index is 11.2. The van der Waals surface area contributed by atoms with Crippen molar-refractivity contribution in [2.75, 3.05) is 13.7 Å². The van der Waals surface area contributed by atoms with E-state index in [2.05, 4.69) is 12.2 Å². The van der Waals surface area contributed by atoms with E-state index in [4.69, 9.17) is 4.74 Å². The Balaban J connectivity index is 2.35. The largest absolute Gasteiger partial charge is 0.469 e. The van der Waals surface area contributed by atoms with Crippen LogP contribution in [0.15, 0.2) is 0 Å². The van der Waals surface area contributed by atoms with E-state index in [0.29, 0.717) is 18.4 Å². The summed E-state index contributed by atoms with van der Waals surface area (Å²) >= 11 is 0. The molecule has 0 amide bonds. The molecule has 0 spiro atoms. The highest BCUT2D eigenvalue weighted by Crippen LogP contribution is 2.24. The zero-order chi connectivity index (χ0) is 11.8. The molecule has 2 atom stereocenters. The van der Waals surface area contributed by atoms with Gasteiger partial charge < -0.3 is 10.1 Å². The van der Waals surface area contributed by atoms with Crippen LogP contribution in [0.4, 0.5) is 0 Å². The summed E-state index contributed by atoms with van der Waals surface area (Å²) in [5.41, 5.74) is 0. The van der Waals surface area contributed by atoms with E-state index in [0.717, 1.165) is 13.0 Å². The molecule has 1 aliphatic heterocycles. The molecule has 1 saturated heterocycles. The quantitative estimate of drug-likeness (QED) is 0.709. The zero-order valence-corrected chi connectivity index (χ0v) is 10.6. The van der Waals surface area contributed by atoms with Crippen LogP contribution in [-0.4, -0.2) is 25.7 Å². The van der Waals surface area contributed by atoms with Crippen LogP contribution >= 0.6 is 0 Å². The van der Waals surface area contributed by atoms with Gasteiger partial charge in [0.15, 0.2) is 0 Å². The summed E-state index contributed by atoms with van der Waals surface area (Å²) in [6.07, 6.45) is 7.85. The smallest absolute Gasteiger partial charge is 0.305 e. The van der Waals surface area contributed by atoms with Crippen LogP contribution in [0.25, 0.3) is 0 Å². The number of methoxy groups -OCH3 is 1. The van der Waals surface area contributed by atoms with Crippen LogP contribution in [-0.2, 0) is 9.53 Å². The second-order valence-electron chi connectivity index (χ2n) is 4.72. The lowest BCUT2D eigenvalue weighted by Gasteiger charge is -2.31. The molecule has 1 aliphatic rings. The first kappa shape index (κ1) is 13.5. The lowest BCUT2D eigenvalue weighted by Crippen LogP contribution is -2.40. The van der Waals surface area contributed by atoms with Gasteiger partial charge in [-0.25, -0.2) is 0 Å². The van der Waals surface area contributed by atoms with Gasteiger partial charge in [0.05, 0.1) is 7.11 Å². The molecule has 2 unspecified atom stereocenters. The Bertz CT molecular complexity index is 200. The van der Waals surface area contributed by atoms with Gasteiger partial charge in [0, 0.05) is 12.5 Å². The van der Waals surface area contributed by atoms with E-state index in [1.165, 1.54) is 39.2 Å². The molecule has 3 nitrogen and oxygen atoms in total. The molecule has 94 valence electrons. The first-order valence-electron chi connectivity index (χ1n) is 6.58. The number of rotatable bonds is 6. The van der Waals surface area contributed by atoms with E-state index in [1.807, 2.05) is 0 Å². The van der Waals surface area contributed by atoms with Crippen LogP contribution in [0.3, 0.4) is 0 Å². The Labute approximate surface area is 98.9 Å². The SMILES string of the molecule is CCCC(CCC(=O)OC)C1CCCCN1. The molecule has 3 heteroatoms. The van der Waals surface area contributed by atoms with Gasteiger partial charge in [-0.2, -0.15) is 0 Å². The van der Waals surface area contributed by atoms with Crippen molar-refractivity contribution in [1.82, 2.24) is 5.32 Å². The van der Waals surface area contributed by atoms with Crippen LogP contribution in [0.5, 0.6) is 0 Å². The number of carbonyl (C=O) groups is 1. The van der Waals surface area contributed by atoms with Crippen molar-refractivity contribution in [3.63, 3.8) is 0 Å². The molecular formula is C13H25NO2. The van der Waals surface area contributed by atoms with Gasteiger partial charge in [0.25, 0.3) is 0 Å². The number of esters is 1. The molecular weight excluding hydrogens is 202 g/mol. The normalized spacial score (nSPS) is 22.8. The van der Waals surface area contributed by atoms with Crippen molar-refractivity contribution in [2.24, 2.45) is 5.92 Å². The summed E-state index contributed by atoms with van der Waals surface area (Å²) in [7, 11) is 1.47. The lowest BCUT2D eigenvalue weighted by atomic mass is 9.85. The summed E-state index contributed by atoms with van der Waals surface area (Å²) < 4.78 is 4.71. The van der Waals surface area contributed by atoms with Crippen LogP contribution in [0, 0.1) is 5.92 Å². The van der Waals surface area contributed by atoms with E-state index in [1.54, 1.807) is 0 Å². The highest BCUT2D eigenvalue weighted by atomic mass is 16.5. The standard InChI is InChI=1S/C13H25NO2/c1-3-6-11(8-9-13(15)16-2)12-7-4-5-10-14-12/h11-12,14H,3-10H2,1-2H3. The molecule has 1 heterocycles. The van der Waals surface area contributed by atoms with Crippen LogP contribution < -0.4 is 5.32 Å². The van der Waals surface area contributed by atoms with Gasteiger partial charge in [0.2, 0.25) is 0 Å². The molecule has 1 fully saturated rings. The fraction of sp³-hybridized carbons (Fsp3) is 0.923. The number of nitrogens with one attached hydrogen (secondary N) is 1. The topological polar surface area (TPSA) is 38.3 Å². The lowest BCUT2D eigenvalue weighted by molar-refractivity contribution is -0.141. The first-order valence-corrected chi connectivity index (χ1v) is 6.58. The molecule has 0 radical (unpaired) electrons. The van der Waals surface area contributed by atoms with Crippen molar-refractivity contribution in [1.29, 1.82) is 0 Å². The first-order chi connectivity index (χ1) is 7.77. The van der Waals surface area contributed by atoms with Crippen molar-refractivity contribution in [3.05, 3.63) is 0 Å². The summed E-state index contributed by atoms with van der Waals surface area (Å²) in [6.45, 7) is 3.36. The Kier molecular flexibility index (Phi) is 6.46. The zero-order valence-electron chi connectivity index (χ0n) is 10.6. The van der Waals surface area contributed by atoms with Gasteiger partial charge in [-0.05, 0) is 38.1 Å². The van der Waals surface area contributed by atoms with Crippen molar-refractivity contribution in [3.8, 4) is 0 Å². The average Bonchev–Trinajstić information content (AvgIpc) is 2.35. The Morgan fingerprint density at radius 1 is 1.44 bits per heavy atom. The van der Waals surface area contributed by atoms with Crippen LogP contribution in [0.1, 0.15) is 51.9 Å². The third-order valence-electron chi connectivity index (χ3n) is 3.52. The van der Waals surface area contributed by atoms with Crippen molar-refractivity contribution in [2.45, 2.75) is 57.9 Å². The summed E-state index contributed by atoms with van der Waals surface area (Å²) in [5.74, 6) is 0.571. The van der Waals surface area contributed by atoms with Gasteiger partial charge in [-0.15, -0.1) is 0 Å². The number of ether oxygens (including phenoxy) is 1. The van der Waals surface area contributed by atoms with Gasteiger partial charge in [-0.3, -0.25) is 4.79 Å². The van der Waals surface area contributed by atoms with Crippen molar-refractivity contribution >= 4 is 5.97 Å². The fourth-order valence-electron chi connectivity index (χ4n) is 2.60. The second-order valence-corrected chi connectivity index (χ2v) is 4.72. The Hall–Kier alpha value is -0.570. The summed E-state index contributed by atoms with van der Waals surface area (Å²) in [5, 5.41) is 3.59. The molecule has 0 aromatic heterocycles. The minimum atomic E-state index is -0.0723. The second kappa shape index (κ2) is 7.66. The minimum absolute atomic E-state index is 0.0723. The molecule has 0 aromatic rings. The fourth-order valence-corrected chi connectivity index (χ4v) is 2.60. The number of carbonyl (C=O) groups excluding carboxylic acids is 1. The Morgan fingerprint density at radius 3 is 2.81 bits per heavy atom. The molecule has 1 N–H and O–H groups in total. The summed E-state index contributed by atoms with van der Waals surface area (Å²) in [6, 6.07) is 0.623. The Morgan fingerprint density at radius 2 is 2.25 bits per heavy atom. The predicted molar refractivity (Wildman–Crippen MR) is 65.3 cm³/mol. The summed E-state index contributed by atoms with van der Waals surface area (Å²) in [4.78, 5) is 11.2. The van der Waals surface area contributed by atoms with Crippen LogP contribution in [0.2, 0.25) is 0 Å². The maximum absolute atomic E-state index is 11.2. The van der Waals surface area contributed by atoms with Crippen molar-refractivity contribution < 1.29 is 9.53 Å². The molecule has 1 rings (SSSR count). The molecule has 0 aliphatic carbocycles. The molecule has 16 heavy (non-hydrogen) atoms. The van der Waals surface area contributed by atoms with Gasteiger partial charge >= 0.3 is 5.97 Å². The highest BCUT2D eigenvalue weighted by Gasteiger charge is 2.23. The highest BCUT2D eigenvalue weighted by molar-refractivity contribution is 5.69. The van der Waals surface area contributed by atoms with E-state index in [9.17, 15) is 4.79 Å². The molecule has 0 aromatic carbocycles. The van der Waals surface area contributed by atoms with E-state index in [-0.39, 0.29) is 5.97 Å². The molecule has 0 saturated carbocycles. The third kappa shape index (κ3) is 4.52. The number of hydrogen-bond acceptors (Lipinski definition) is 3.